The van der Waals surface area contributed by atoms with Gasteiger partial charge in [-0.25, -0.2) is 18.0 Å². The normalized spacial score (nSPS) is 11.0. The Bertz CT molecular complexity index is 939. The quantitative estimate of drug-likeness (QED) is 0.739. The van der Waals surface area contributed by atoms with Crippen molar-refractivity contribution in [2.24, 2.45) is 0 Å². The molecule has 0 saturated heterocycles. The highest BCUT2D eigenvalue weighted by Crippen LogP contribution is 2.32. The average Bonchev–Trinajstić information content (AvgIpc) is 2.95. The predicted molar refractivity (Wildman–Crippen MR) is 94.3 cm³/mol. The lowest BCUT2D eigenvalue weighted by Gasteiger charge is -2.10. The number of esters is 2. The van der Waals surface area contributed by atoms with Crippen LogP contribution in [0.1, 0.15) is 20.0 Å². The van der Waals surface area contributed by atoms with Crippen LogP contribution in [-0.2, 0) is 19.5 Å². The van der Waals surface area contributed by atoms with E-state index in [0.717, 1.165) is 25.6 Å². The second-order valence-corrected chi connectivity index (χ2v) is 7.89. The maximum Gasteiger partial charge on any atom is 0.349 e. The van der Waals surface area contributed by atoms with E-state index < -0.39 is 22.0 Å². The maximum atomic E-state index is 12.5. The standard InChI is InChI=1S/C14H11Cl2NO6S2/c1-22-13(18)11-9(6-24-12(11)14(19)23-2)17-25(20,21)10-4-3-7(15)5-8(10)16/h3-6,17H,1-2H3. The number of rotatable bonds is 5. The largest absolute Gasteiger partial charge is 0.465 e. The molecule has 25 heavy (non-hydrogen) atoms. The fraction of sp³-hybridized carbons (Fsp3) is 0.143. The third kappa shape index (κ3) is 4.06. The number of thiophene rings is 1. The van der Waals surface area contributed by atoms with E-state index >= 15 is 0 Å². The van der Waals surface area contributed by atoms with Crippen LogP contribution in [0.3, 0.4) is 0 Å². The van der Waals surface area contributed by atoms with Crippen LogP contribution in [0.25, 0.3) is 0 Å². The first-order valence-electron chi connectivity index (χ1n) is 6.47. The summed E-state index contributed by atoms with van der Waals surface area (Å²) >= 11 is 12.5. The summed E-state index contributed by atoms with van der Waals surface area (Å²) in [5.74, 6) is -1.68. The fourth-order valence-electron chi connectivity index (χ4n) is 1.87. The van der Waals surface area contributed by atoms with Gasteiger partial charge in [0.1, 0.15) is 15.3 Å². The SMILES string of the molecule is COC(=O)c1scc(NS(=O)(=O)c2ccc(Cl)cc2Cl)c1C(=O)OC. The van der Waals surface area contributed by atoms with Crippen molar-refractivity contribution >= 4 is 62.2 Å². The van der Waals surface area contributed by atoms with Gasteiger partial charge in [-0.3, -0.25) is 4.72 Å². The number of benzene rings is 1. The molecule has 0 radical (unpaired) electrons. The summed E-state index contributed by atoms with van der Waals surface area (Å²) in [6.07, 6.45) is 0. The highest BCUT2D eigenvalue weighted by Gasteiger charge is 2.28. The van der Waals surface area contributed by atoms with Crippen molar-refractivity contribution < 1.29 is 27.5 Å². The average molecular weight is 424 g/mol. The molecule has 134 valence electrons. The molecular weight excluding hydrogens is 413 g/mol. The zero-order chi connectivity index (χ0) is 18.8. The van der Waals surface area contributed by atoms with Gasteiger partial charge in [0.05, 0.1) is 24.9 Å². The molecule has 0 aliphatic rings. The second-order valence-electron chi connectivity index (χ2n) is 4.52. The number of hydrogen-bond donors (Lipinski definition) is 1. The summed E-state index contributed by atoms with van der Waals surface area (Å²) in [7, 11) is -1.89. The molecule has 1 aromatic heterocycles. The van der Waals surface area contributed by atoms with Crippen LogP contribution in [0.4, 0.5) is 5.69 Å². The zero-order valence-electron chi connectivity index (χ0n) is 12.8. The van der Waals surface area contributed by atoms with E-state index in [9.17, 15) is 18.0 Å². The molecule has 0 saturated carbocycles. The van der Waals surface area contributed by atoms with Gasteiger partial charge in [0.2, 0.25) is 0 Å². The Morgan fingerprint density at radius 2 is 1.76 bits per heavy atom. The van der Waals surface area contributed by atoms with Gasteiger partial charge < -0.3 is 9.47 Å². The molecule has 1 heterocycles. The minimum Gasteiger partial charge on any atom is -0.465 e. The second kappa shape index (κ2) is 7.61. The predicted octanol–water partition coefficient (Wildman–Crippen LogP) is 3.43. The first-order chi connectivity index (χ1) is 11.7. The Balaban J connectivity index is 2.50. The first-order valence-corrected chi connectivity index (χ1v) is 9.59. The molecule has 0 bridgehead atoms. The molecule has 7 nitrogen and oxygen atoms in total. The van der Waals surface area contributed by atoms with Crippen molar-refractivity contribution in [3.63, 3.8) is 0 Å². The number of ether oxygens (including phenoxy) is 2. The molecular formula is C14H11Cl2NO6S2. The fourth-order valence-corrected chi connectivity index (χ4v) is 4.69. The molecule has 0 atom stereocenters. The zero-order valence-corrected chi connectivity index (χ0v) is 16.0. The Morgan fingerprint density at radius 1 is 1.12 bits per heavy atom. The minimum absolute atomic E-state index is 0.0887. The summed E-state index contributed by atoms with van der Waals surface area (Å²) in [5, 5.41) is 1.46. The number of sulfonamides is 1. The van der Waals surface area contributed by atoms with Gasteiger partial charge in [0, 0.05) is 10.4 Å². The smallest absolute Gasteiger partial charge is 0.349 e. The molecule has 1 aromatic carbocycles. The highest BCUT2D eigenvalue weighted by molar-refractivity contribution is 7.92. The van der Waals surface area contributed by atoms with Gasteiger partial charge in [-0.1, -0.05) is 23.2 Å². The summed E-state index contributed by atoms with van der Waals surface area (Å²) in [4.78, 5) is 23.4. The first kappa shape index (κ1) is 19.5. The molecule has 2 aromatic rings. The lowest BCUT2D eigenvalue weighted by Crippen LogP contribution is -2.17. The van der Waals surface area contributed by atoms with Crippen LogP contribution in [0.2, 0.25) is 10.0 Å². The van der Waals surface area contributed by atoms with Crippen molar-refractivity contribution in [1.82, 2.24) is 0 Å². The lowest BCUT2D eigenvalue weighted by atomic mass is 10.2. The molecule has 11 heteroatoms. The third-order valence-corrected chi connectivity index (χ3v) is 6.02. The summed E-state index contributed by atoms with van der Waals surface area (Å²) in [6.45, 7) is 0. The third-order valence-electron chi connectivity index (χ3n) is 2.98. The minimum atomic E-state index is -4.14. The van der Waals surface area contributed by atoms with Crippen LogP contribution in [0, 0.1) is 0 Å². The highest BCUT2D eigenvalue weighted by atomic mass is 35.5. The van der Waals surface area contributed by atoms with E-state index in [4.69, 9.17) is 23.2 Å². The molecule has 0 unspecified atom stereocenters. The van der Waals surface area contributed by atoms with E-state index in [2.05, 4.69) is 14.2 Å². The number of methoxy groups -OCH3 is 2. The van der Waals surface area contributed by atoms with Crippen molar-refractivity contribution in [2.75, 3.05) is 18.9 Å². The van der Waals surface area contributed by atoms with E-state index in [1.54, 1.807) is 0 Å². The number of halogens is 2. The summed E-state index contributed by atoms with van der Waals surface area (Å²) < 4.78 is 36.5. The maximum absolute atomic E-state index is 12.5. The number of anilines is 1. The van der Waals surface area contributed by atoms with Crippen LogP contribution >= 0.6 is 34.5 Å². The van der Waals surface area contributed by atoms with Crippen LogP contribution in [0.15, 0.2) is 28.5 Å². The van der Waals surface area contributed by atoms with Crippen LogP contribution in [-0.4, -0.2) is 34.6 Å². The van der Waals surface area contributed by atoms with E-state index in [0.29, 0.717) is 0 Å². The number of nitrogens with one attached hydrogen (secondary N) is 1. The van der Waals surface area contributed by atoms with Crippen LogP contribution < -0.4 is 4.72 Å². The van der Waals surface area contributed by atoms with Crippen molar-refractivity contribution in [3.8, 4) is 0 Å². The van der Waals surface area contributed by atoms with Gasteiger partial charge >= 0.3 is 11.9 Å². The lowest BCUT2D eigenvalue weighted by molar-refractivity contribution is 0.0561. The summed E-state index contributed by atoms with van der Waals surface area (Å²) in [5.41, 5.74) is -0.365. The molecule has 0 aliphatic heterocycles. The van der Waals surface area contributed by atoms with E-state index in [-0.39, 0.29) is 31.1 Å². The monoisotopic (exact) mass is 423 g/mol. The molecule has 0 spiro atoms. The number of carbonyl (C=O) groups excluding carboxylic acids is 2. The molecule has 1 N–H and O–H groups in total. The topological polar surface area (TPSA) is 98.8 Å². The van der Waals surface area contributed by atoms with Gasteiger partial charge in [-0.2, -0.15) is 0 Å². The number of hydrogen-bond acceptors (Lipinski definition) is 7. The summed E-state index contributed by atoms with van der Waals surface area (Å²) in [6, 6.07) is 3.85. The molecule has 2 rings (SSSR count). The van der Waals surface area contributed by atoms with Gasteiger partial charge in [-0.15, -0.1) is 11.3 Å². The van der Waals surface area contributed by atoms with Gasteiger partial charge in [0.25, 0.3) is 10.0 Å². The Kier molecular flexibility index (Phi) is 5.94. The van der Waals surface area contributed by atoms with Crippen molar-refractivity contribution in [2.45, 2.75) is 4.90 Å². The van der Waals surface area contributed by atoms with E-state index in [1.807, 2.05) is 0 Å². The van der Waals surface area contributed by atoms with Gasteiger partial charge in [-0.05, 0) is 18.2 Å². The Hall–Kier alpha value is -1.81. The molecule has 0 amide bonds. The van der Waals surface area contributed by atoms with Crippen LogP contribution in [0.5, 0.6) is 0 Å². The molecule has 0 fully saturated rings. The van der Waals surface area contributed by atoms with Crippen molar-refractivity contribution in [3.05, 3.63) is 44.1 Å². The molecule has 0 aliphatic carbocycles. The Morgan fingerprint density at radius 3 is 2.32 bits per heavy atom. The van der Waals surface area contributed by atoms with Crippen molar-refractivity contribution in [1.29, 1.82) is 0 Å². The number of carbonyl (C=O) groups is 2. The Labute approximate surface area is 157 Å². The van der Waals surface area contributed by atoms with Gasteiger partial charge in [0.15, 0.2) is 0 Å². The van der Waals surface area contributed by atoms with E-state index in [1.165, 1.54) is 23.6 Å².